The smallest absolute Gasteiger partial charge is 0.424 e. The molecule has 4 aliphatic heterocycles. The summed E-state index contributed by atoms with van der Waals surface area (Å²) in [4.78, 5) is 105. The zero-order chi connectivity index (χ0) is 37.7. The number of nitrogens with zero attached hydrogens (tertiary/aromatic N) is 5. The van der Waals surface area contributed by atoms with Crippen LogP contribution in [0.3, 0.4) is 0 Å². The Morgan fingerprint density at radius 1 is 0.686 bits per heavy atom. The lowest BCUT2D eigenvalue weighted by atomic mass is 10.0. The molecule has 0 radical (unpaired) electrons. The van der Waals surface area contributed by atoms with Gasteiger partial charge in [-0.05, 0) is 59.9 Å². The number of imide groups is 6. The van der Waals surface area contributed by atoms with Crippen molar-refractivity contribution in [3.05, 3.63) is 35.9 Å². The summed E-state index contributed by atoms with van der Waals surface area (Å²) in [5.41, 5.74) is -0.525. The van der Waals surface area contributed by atoms with Crippen molar-refractivity contribution >= 4 is 47.6 Å². The number of rotatable bonds is 4. The molecule has 5 rings (SSSR count). The maximum atomic E-state index is 12.9. The highest BCUT2D eigenvalue weighted by atomic mass is 16.6. The first-order valence-corrected chi connectivity index (χ1v) is 17.1. The van der Waals surface area contributed by atoms with Crippen molar-refractivity contribution < 1.29 is 47.8 Å². The Labute approximate surface area is 297 Å². The molecule has 278 valence electrons. The van der Waals surface area contributed by atoms with Gasteiger partial charge in [0.05, 0.1) is 13.1 Å². The number of hydrogen-bond donors (Lipinski definition) is 1. The van der Waals surface area contributed by atoms with E-state index in [2.05, 4.69) is 5.32 Å². The molecule has 8 amide bonds. The minimum absolute atomic E-state index is 0.0210. The van der Waals surface area contributed by atoms with E-state index in [0.29, 0.717) is 42.5 Å². The highest BCUT2D eigenvalue weighted by Gasteiger charge is 2.46. The van der Waals surface area contributed by atoms with Gasteiger partial charge in [-0.25, -0.2) is 9.59 Å². The summed E-state index contributed by atoms with van der Waals surface area (Å²) in [5.74, 6) is -2.91. The van der Waals surface area contributed by atoms with Crippen LogP contribution in [-0.4, -0.2) is 135 Å². The van der Waals surface area contributed by atoms with Crippen molar-refractivity contribution in [3.8, 4) is 0 Å². The van der Waals surface area contributed by atoms with Crippen LogP contribution >= 0.6 is 0 Å². The van der Waals surface area contributed by atoms with Gasteiger partial charge in [0, 0.05) is 45.6 Å². The highest BCUT2D eigenvalue weighted by molar-refractivity contribution is 6.13. The van der Waals surface area contributed by atoms with Gasteiger partial charge in [0.15, 0.2) is 0 Å². The lowest BCUT2D eigenvalue weighted by Crippen LogP contribution is -2.62. The summed E-state index contributed by atoms with van der Waals surface area (Å²) in [7, 11) is 0. The van der Waals surface area contributed by atoms with Crippen LogP contribution in [0.15, 0.2) is 30.3 Å². The summed E-state index contributed by atoms with van der Waals surface area (Å²) < 4.78 is 10.3. The van der Waals surface area contributed by atoms with Crippen molar-refractivity contribution in [1.82, 2.24) is 29.8 Å². The molecule has 0 saturated carbocycles. The number of benzene rings is 1. The zero-order valence-corrected chi connectivity index (χ0v) is 30.1. The van der Waals surface area contributed by atoms with Crippen molar-refractivity contribution in [2.45, 2.75) is 97.1 Å². The lowest BCUT2D eigenvalue weighted by molar-refractivity contribution is -0.158. The zero-order valence-electron chi connectivity index (χ0n) is 30.1. The Bertz CT molecular complexity index is 1540. The van der Waals surface area contributed by atoms with Crippen LogP contribution in [0.1, 0.15) is 72.8 Å². The standard InChI is InChI=1S/C21H27N3O5.C14H21N3O5/c1-21(2,3)29-20(28)24-17(25)10-9-16(19(24)27)23-12-11-22(14-18(23)26)13-15-7-5-4-6-8-15;1-14(2,3)22-13(21)17-10(18)5-4-9(12(17)20)16-7-6-15-8-11(16)19/h4-8,16H,9-14H2,1-3H3;9,15H,4-8H2,1-3H3. The molecule has 0 aromatic heterocycles. The SMILES string of the molecule is CC(C)(C)OC(=O)N1C(=O)CCC(N2CCN(Cc3ccccc3)CC2=O)C1=O.CC(C)(C)OC(=O)N1C(=O)CCC(N2CCNCC2=O)C1=O. The Morgan fingerprint density at radius 2 is 1.18 bits per heavy atom. The van der Waals surface area contributed by atoms with E-state index >= 15 is 0 Å². The summed E-state index contributed by atoms with van der Waals surface area (Å²) in [6, 6.07) is 8.27. The number of carbonyl (C=O) groups excluding carboxylic acids is 8. The van der Waals surface area contributed by atoms with Crippen LogP contribution in [0.25, 0.3) is 0 Å². The summed E-state index contributed by atoms with van der Waals surface area (Å²) in [6.07, 6.45) is -1.44. The summed E-state index contributed by atoms with van der Waals surface area (Å²) in [6.45, 7) is 12.9. The van der Waals surface area contributed by atoms with Crippen molar-refractivity contribution in [1.29, 1.82) is 0 Å². The van der Waals surface area contributed by atoms with Gasteiger partial charge in [-0.15, -0.1) is 0 Å². The number of nitrogens with one attached hydrogen (secondary N) is 1. The molecule has 0 aliphatic carbocycles. The van der Waals surface area contributed by atoms with Gasteiger partial charge >= 0.3 is 12.2 Å². The average Bonchev–Trinajstić information content (AvgIpc) is 3.01. The van der Waals surface area contributed by atoms with E-state index in [9.17, 15) is 38.4 Å². The second-order valence-electron chi connectivity index (χ2n) is 14.8. The molecule has 2 unspecified atom stereocenters. The number of piperidine rings is 2. The fraction of sp³-hybridized carbons (Fsp3) is 0.600. The van der Waals surface area contributed by atoms with Crippen LogP contribution < -0.4 is 5.32 Å². The van der Waals surface area contributed by atoms with Gasteiger partial charge in [0.1, 0.15) is 23.3 Å². The van der Waals surface area contributed by atoms with E-state index in [1.807, 2.05) is 35.2 Å². The predicted molar refractivity (Wildman–Crippen MR) is 180 cm³/mol. The monoisotopic (exact) mass is 712 g/mol. The van der Waals surface area contributed by atoms with E-state index in [1.165, 1.54) is 9.80 Å². The predicted octanol–water partition coefficient (Wildman–Crippen LogP) is 1.65. The van der Waals surface area contributed by atoms with Gasteiger partial charge in [-0.1, -0.05) is 30.3 Å². The van der Waals surface area contributed by atoms with E-state index in [4.69, 9.17) is 9.47 Å². The van der Waals surface area contributed by atoms with Gasteiger partial charge < -0.3 is 24.6 Å². The van der Waals surface area contributed by atoms with Gasteiger partial charge in [0.25, 0.3) is 11.8 Å². The normalized spacial score (nSPS) is 22.5. The van der Waals surface area contributed by atoms with Gasteiger partial charge in [-0.3, -0.25) is 33.7 Å². The Balaban J connectivity index is 0.000000238. The number of amides is 8. The Kier molecular flexibility index (Phi) is 12.3. The topological polar surface area (TPSA) is 183 Å². The molecule has 51 heavy (non-hydrogen) atoms. The molecule has 1 N–H and O–H groups in total. The molecule has 0 bridgehead atoms. The lowest BCUT2D eigenvalue weighted by Gasteiger charge is -2.41. The number of carbonyl (C=O) groups is 8. The van der Waals surface area contributed by atoms with Crippen LogP contribution in [0, 0.1) is 0 Å². The molecule has 4 saturated heterocycles. The molecule has 1 aromatic rings. The first-order valence-electron chi connectivity index (χ1n) is 17.1. The minimum Gasteiger partial charge on any atom is -0.443 e. The van der Waals surface area contributed by atoms with Gasteiger partial charge in [-0.2, -0.15) is 9.80 Å². The number of piperazine rings is 2. The summed E-state index contributed by atoms with van der Waals surface area (Å²) in [5, 5.41) is 2.92. The van der Waals surface area contributed by atoms with Crippen LogP contribution in [0.5, 0.6) is 0 Å². The van der Waals surface area contributed by atoms with Crippen molar-refractivity contribution in [3.63, 3.8) is 0 Å². The van der Waals surface area contributed by atoms with Crippen LogP contribution in [0.2, 0.25) is 0 Å². The second-order valence-corrected chi connectivity index (χ2v) is 14.8. The van der Waals surface area contributed by atoms with Crippen molar-refractivity contribution in [2.24, 2.45) is 0 Å². The number of likely N-dealkylation sites (tertiary alicyclic amines) is 2. The second kappa shape index (κ2) is 16.1. The molecule has 4 fully saturated rings. The molecule has 0 spiro atoms. The molecular formula is C35H48N6O10. The largest absolute Gasteiger partial charge is 0.443 e. The van der Waals surface area contributed by atoms with E-state index in [-0.39, 0.29) is 50.6 Å². The van der Waals surface area contributed by atoms with E-state index in [0.717, 1.165) is 5.56 Å². The maximum Gasteiger partial charge on any atom is 0.424 e. The van der Waals surface area contributed by atoms with Crippen LogP contribution in [-0.2, 0) is 44.8 Å². The third kappa shape index (κ3) is 10.2. The first kappa shape index (κ1) is 39.1. The molecule has 1 aromatic carbocycles. The Morgan fingerprint density at radius 3 is 1.63 bits per heavy atom. The number of ether oxygens (including phenoxy) is 2. The molecule has 4 aliphatic rings. The van der Waals surface area contributed by atoms with Crippen LogP contribution in [0.4, 0.5) is 9.59 Å². The fourth-order valence-corrected chi connectivity index (χ4v) is 6.10. The third-order valence-corrected chi connectivity index (χ3v) is 8.39. The number of hydrogen-bond acceptors (Lipinski definition) is 12. The molecule has 16 nitrogen and oxygen atoms in total. The average molecular weight is 713 g/mol. The molecule has 16 heteroatoms. The fourth-order valence-electron chi connectivity index (χ4n) is 6.10. The Hall–Kier alpha value is -4.70. The maximum absolute atomic E-state index is 12.9. The van der Waals surface area contributed by atoms with E-state index in [1.54, 1.807) is 41.5 Å². The van der Waals surface area contributed by atoms with Gasteiger partial charge in [0.2, 0.25) is 23.6 Å². The third-order valence-electron chi connectivity index (χ3n) is 8.39. The first-order chi connectivity index (χ1) is 23.9. The quantitative estimate of drug-likeness (QED) is 0.447. The molecule has 2 atom stereocenters. The molecular weight excluding hydrogens is 664 g/mol. The highest BCUT2D eigenvalue weighted by Crippen LogP contribution is 2.24. The van der Waals surface area contributed by atoms with E-state index < -0.39 is 59.1 Å². The minimum atomic E-state index is -0.979. The summed E-state index contributed by atoms with van der Waals surface area (Å²) >= 11 is 0. The molecule has 4 heterocycles. The van der Waals surface area contributed by atoms with Crippen molar-refractivity contribution in [2.75, 3.05) is 39.3 Å².